The molecular weight excluding hydrogens is 62.1 g/mol. The van der Waals surface area contributed by atoms with Crippen LogP contribution in [-0.4, -0.2) is 0 Å². The highest BCUT2D eigenvalue weighted by atomic mass is 15.0. The third-order valence-corrected chi connectivity index (χ3v) is 0.618. The van der Waals surface area contributed by atoms with E-state index in [4.69, 9.17) is 0 Å². The first-order valence-corrected chi connectivity index (χ1v) is 1.68. The van der Waals surface area contributed by atoms with Gasteiger partial charge in [0.05, 0.1) is 0 Å². The molecule has 1 rings (SSSR count). The zero-order valence-electron chi connectivity index (χ0n) is 2.99. The first-order valence-electron chi connectivity index (χ1n) is 1.68. The molecule has 1 heterocycles. The molecule has 0 unspecified atom stereocenters. The minimum absolute atomic E-state index is 0.917. The third kappa shape index (κ3) is 0.407. The van der Waals surface area contributed by atoms with E-state index in [1.807, 2.05) is 6.20 Å². The summed E-state index contributed by atoms with van der Waals surface area (Å²) in [7, 11) is 0. The first-order chi connectivity index (χ1) is 2.43. The molecule has 27 valence electrons. The second-order valence-electron chi connectivity index (χ2n) is 1.06. The fourth-order valence-electron chi connectivity index (χ4n) is 0.195. The van der Waals surface area contributed by atoms with E-state index in [9.17, 15) is 0 Å². The van der Waals surface area contributed by atoms with Crippen LogP contribution in [0.5, 0.6) is 0 Å². The Kier molecular flexibility index (Phi) is 0.411. The fourth-order valence-corrected chi connectivity index (χ4v) is 0.195. The lowest BCUT2D eigenvalue weighted by atomic mass is 10.5. The highest BCUT2D eigenvalue weighted by Gasteiger charge is 1.98. The molecule has 1 radical (unpaired) electrons. The van der Waals surface area contributed by atoms with Crippen LogP contribution in [0.2, 0.25) is 0 Å². The molecule has 0 amide bonds. The number of allylic oxidation sites excluding steroid dienone is 1. The van der Waals surface area contributed by atoms with Crippen molar-refractivity contribution in [3.8, 4) is 0 Å². The molecule has 1 N–H and O–H groups in total. The summed E-state index contributed by atoms with van der Waals surface area (Å²) >= 11 is 0. The molecule has 5 heavy (non-hydrogen) atoms. The quantitative estimate of drug-likeness (QED) is 0.479. The van der Waals surface area contributed by atoms with Crippen LogP contribution in [0.1, 0.15) is 6.42 Å². The number of hydrogen-bond donors (Lipinski definition) is 1. The molecule has 0 aromatic heterocycles. The van der Waals surface area contributed by atoms with Crippen molar-refractivity contribution >= 4 is 0 Å². The van der Waals surface area contributed by atoms with Crippen LogP contribution in [0, 0.1) is 6.92 Å². The van der Waals surface area contributed by atoms with Gasteiger partial charge in [0.1, 0.15) is 0 Å². The summed E-state index contributed by atoms with van der Waals surface area (Å²) in [6.45, 7) is 3.62. The summed E-state index contributed by atoms with van der Waals surface area (Å²) in [5.41, 5.74) is 1.27. The van der Waals surface area contributed by atoms with Crippen molar-refractivity contribution in [1.82, 2.24) is 5.32 Å². The summed E-state index contributed by atoms with van der Waals surface area (Å²) in [5.74, 6) is 0. The van der Waals surface area contributed by atoms with Crippen LogP contribution >= 0.6 is 0 Å². The van der Waals surface area contributed by atoms with Gasteiger partial charge < -0.3 is 5.32 Å². The Bertz CT molecular complexity index is 64.0. The van der Waals surface area contributed by atoms with Gasteiger partial charge in [0.15, 0.2) is 0 Å². The minimum atomic E-state index is 0.917. The van der Waals surface area contributed by atoms with E-state index in [0.29, 0.717) is 0 Å². The summed E-state index contributed by atoms with van der Waals surface area (Å²) < 4.78 is 0. The maximum atomic E-state index is 3.62. The average molecular weight is 68.1 g/mol. The molecule has 0 aromatic rings. The van der Waals surface area contributed by atoms with Crippen LogP contribution in [0.25, 0.3) is 0 Å². The monoisotopic (exact) mass is 68.1 g/mol. The molecule has 0 aliphatic carbocycles. The van der Waals surface area contributed by atoms with Crippen molar-refractivity contribution in [3.05, 3.63) is 18.8 Å². The summed E-state index contributed by atoms with van der Waals surface area (Å²) in [6.07, 6.45) is 2.87. The molecule has 0 bridgehead atoms. The largest absolute Gasteiger partial charge is 0.362 e. The van der Waals surface area contributed by atoms with Crippen LogP contribution in [0.4, 0.5) is 0 Å². The Morgan fingerprint density at radius 2 is 2.60 bits per heavy atom. The van der Waals surface area contributed by atoms with E-state index in [0.717, 1.165) is 6.42 Å². The highest BCUT2D eigenvalue weighted by molar-refractivity contribution is 5.15. The molecule has 1 nitrogen and oxygen atoms in total. The average Bonchev–Trinajstić information content (AvgIpc) is 2.12. The first kappa shape index (κ1) is 2.76. The topological polar surface area (TPSA) is 21.9 Å². The second kappa shape index (κ2) is 0.744. The van der Waals surface area contributed by atoms with Crippen LogP contribution in [0.3, 0.4) is 0 Å². The predicted molar refractivity (Wildman–Crippen MR) is 21.2 cm³/mol. The van der Waals surface area contributed by atoms with Gasteiger partial charge >= 0.3 is 0 Å². The Morgan fingerprint density at radius 1 is 2.00 bits per heavy atom. The Hall–Kier alpha value is -0.460. The van der Waals surface area contributed by atoms with Gasteiger partial charge in [-0.3, -0.25) is 0 Å². The SMILES string of the molecule is [CH2]CC1=CN1. The van der Waals surface area contributed by atoms with Crippen molar-refractivity contribution in [3.63, 3.8) is 0 Å². The van der Waals surface area contributed by atoms with Crippen LogP contribution < -0.4 is 5.32 Å². The van der Waals surface area contributed by atoms with Crippen molar-refractivity contribution in [2.45, 2.75) is 6.42 Å². The minimum Gasteiger partial charge on any atom is -0.362 e. The van der Waals surface area contributed by atoms with Gasteiger partial charge in [-0.25, -0.2) is 0 Å². The maximum absolute atomic E-state index is 3.62. The van der Waals surface area contributed by atoms with Gasteiger partial charge in [0, 0.05) is 11.9 Å². The smallest absolute Gasteiger partial charge is 0.0309 e. The van der Waals surface area contributed by atoms with Crippen molar-refractivity contribution in [2.75, 3.05) is 0 Å². The van der Waals surface area contributed by atoms with Crippen molar-refractivity contribution in [1.29, 1.82) is 0 Å². The van der Waals surface area contributed by atoms with E-state index >= 15 is 0 Å². The van der Waals surface area contributed by atoms with E-state index in [1.165, 1.54) is 5.70 Å². The van der Waals surface area contributed by atoms with E-state index < -0.39 is 0 Å². The van der Waals surface area contributed by atoms with Gasteiger partial charge in [-0.2, -0.15) is 0 Å². The number of hydrogen-bond acceptors (Lipinski definition) is 1. The lowest BCUT2D eigenvalue weighted by Gasteiger charge is -1.68. The summed E-state index contributed by atoms with van der Waals surface area (Å²) in [6, 6.07) is 0. The summed E-state index contributed by atoms with van der Waals surface area (Å²) in [4.78, 5) is 0. The van der Waals surface area contributed by atoms with Gasteiger partial charge in [0.25, 0.3) is 0 Å². The fraction of sp³-hybridized carbons (Fsp3) is 0.250. The van der Waals surface area contributed by atoms with E-state index in [-0.39, 0.29) is 0 Å². The third-order valence-electron chi connectivity index (χ3n) is 0.618. The van der Waals surface area contributed by atoms with Gasteiger partial charge in [-0.15, -0.1) is 0 Å². The molecule has 0 spiro atoms. The number of nitrogens with one attached hydrogen (secondary N) is 1. The van der Waals surface area contributed by atoms with Crippen molar-refractivity contribution in [2.24, 2.45) is 0 Å². The molecule has 1 aliphatic rings. The van der Waals surface area contributed by atoms with E-state index in [2.05, 4.69) is 12.2 Å². The standard InChI is InChI=1S/C4H6N/c1-2-4-3-5-4/h3,5H,1-2H2. The molecule has 0 atom stereocenters. The zero-order chi connectivity index (χ0) is 3.70. The Balaban J connectivity index is 2.22. The lowest BCUT2D eigenvalue weighted by Crippen LogP contribution is -1.71. The predicted octanol–water partition coefficient (Wildman–Crippen LogP) is 0.655. The van der Waals surface area contributed by atoms with Crippen molar-refractivity contribution < 1.29 is 0 Å². The molecule has 0 fully saturated rings. The lowest BCUT2D eigenvalue weighted by molar-refractivity contribution is 1.20. The van der Waals surface area contributed by atoms with Gasteiger partial charge in [-0.1, -0.05) is 0 Å². The summed E-state index contributed by atoms with van der Waals surface area (Å²) in [5, 5.41) is 2.91. The molecule has 1 aliphatic heterocycles. The zero-order valence-corrected chi connectivity index (χ0v) is 2.99. The van der Waals surface area contributed by atoms with Crippen LogP contribution in [-0.2, 0) is 0 Å². The normalized spacial score (nSPS) is 16.6. The molecular formula is C4H6N. The Morgan fingerprint density at radius 3 is 2.60 bits per heavy atom. The molecule has 0 saturated heterocycles. The molecule has 1 heteroatoms. The van der Waals surface area contributed by atoms with Gasteiger partial charge in [-0.05, 0) is 13.3 Å². The number of rotatable bonds is 1. The highest BCUT2D eigenvalue weighted by Crippen LogP contribution is 2.02. The maximum Gasteiger partial charge on any atom is 0.0309 e. The Labute approximate surface area is 31.7 Å². The molecule has 0 saturated carbocycles. The van der Waals surface area contributed by atoms with E-state index in [1.54, 1.807) is 0 Å². The van der Waals surface area contributed by atoms with Gasteiger partial charge in [0.2, 0.25) is 0 Å². The second-order valence-corrected chi connectivity index (χ2v) is 1.06. The van der Waals surface area contributed by atoms with Crippen LogP contribution in [0.15, 0.2) is 11.9 Å². The molecule has 0 aromatic carbocycles.